The standard InChI is InChI=1S/C28H27FN2O4/c1-3-34-28-30-23-12-10-21(29)15-25(23)31(28)24-6-4-5-19(17(24)2)9-7-18-8-11-22-20(14-27(32)33)16-35-26(22)13-18/h4-6,8,10-13,15,20H,3,7,9,14,16H2,1-2H3,(H,32,33)/t20-/m1/s1. The van der Waals surface area contributed by atoms with E-state index in [4.69, 9.17) is 14.6 Å². The van der Waals surface area contributed by atoms with E-state index < -0.39 is 5.97 Å². The van der Waals surface area contributed by atoms with Crippen LogP contribution in [0.2, 0.25) is 0 Å². The van der Waals surface area contributed by atoms with Gasteiger partial charge in [-0.25, -0.2) is 4.39 Å². The zero-order chi connectivity index (χ0) is 24.5. The van der Waals surface area contributed by atoms with Crippen LogP contribution >= 0.6 is 0 Å². The smallest absolute Gasteiger partial charge is 0.304 e. The highest BCUT2D eigenvalue weighted by atomic mass is 19.1. The van der Waals surface area contributed by atoms with E-state index in [1.807, 2.05) is 35.8 Å². The summed E-state index contributed by atoms with van der Waals surface area (Å²) in [5.74, 6) is -0.441. The van der Waals surface area contributed by atoms with Gasteiger partial charge in [0.1, 0.15) is 11.6 Å². The molecular weight excluding hydrogens is 447 g/mol. The summed E-state index contributed by atoms with van der Waals surface area (Å²) in [4.78, 5) is 15.7. The van der Waals surface area contributed by atoms with Gasteiger partial charge in [-0.2, -0.15) is 4.98 Å². The second-order valence-electron chi connectivity index (χ2n) is 8.84. The van der Waals surface area contributed by atoms with Gasteiger partial charge in [-0.05, 0) is 67.6 Å². The summed E-state index contributed by atoms with van der Waals surface area (Å²) in [5.41, 5.74) is 6.61. The van der Waals surface area contributed by atoms with Crippen molar-refractivity contribution < 1.29 is 23.8 Å². The first-order chi connectivity index (χ1) is 16.9. The van der Waals surface area contributed by atoms with E-state index in [1.165, 1.54) is 17.7 Å². The van der Waals surface area contributed by atoms with E-state index in [0.717, 1.165) is 41.0 Å². The predicted molar refractivity (Wildman–Crippen MR) is 131 cm³/mol. The number of hydrogen-bond acceptors (Lipinski definition) is 4. The van der Waals surface area contributed by atoms with Gasteiger partial charge in [-0.1, -0.05) is 24.3 Å². The molecule has 5 rings (SSSR count). The zero-order valence-electron chi connectivity index (χ0n) is 19.8. The molecule has 0 amide bonds. The Labute approximate surface area is 202 Å². The molecule has 0 aliphatic carbocycles. The molecule has 1 N–H and O–H groups in total. The van der Waals surface area contributed by atoms with E-state index in [1.54, 1.807) is 6.07 Å². The normalized spacial score (nSPS) is 14.7. The van der Waals surface area contributed by atoms with Gasteiger partial charge in [-0.3, -0.25) is 9.36 Å². The molecule has 7 heteroatoms. The summed E-state index contributed by atoms with van der Waals surface area (Å²) < 4.78 is 27.5. The summed E-state index contributed by atoms with van der Waals surface area (Å²) in [5, 5.41) is 9.11. The third-order valence-electron chi connectivity index (χ3n) is 6.58. The number of carboxylic acid groups (broad SMARTS) is 1. The number of nitrogens with zero attached hydrogens (tertiary/aromatic N) is 2. The summed E-state index contributed by atoms with van der Waals surface area (Å²) in [6, 6.07) is 17.2. The number of carbonyl (C=O) groups is 1. The minimum Gasteiger partial charge on any atom is -0.493 e. The Morgan fingerprint density at radius 3 is 2.86 bits per heavy atom. The van der Waals surface area contributed by atoms with Crippen LogP contribution in [-0.4, -0.2) is 33.8 Å². The van der Waals surface area contributed by atoms with E-state index in [2.05, 4.69) is 24.0 Å². The minimum absolute atomic E-state index is 0.0783. The molecule has 0 saturated carbocycles. The van der Waals surface area contributed by atoms with Gasteiger partial charge >= 0.3 is 12.0 Å². The van der Waals surface area contributed by atoms with E-state index >= 15 is 0 Å². The Morgan fingerprint density at radius 1 is 1.20 bits per heavy atom. The number of aromatic nitrogens is 2. The molecule has 1 aromatic heterocycles. The third kappa shape index (κ3) is 4.46. The van der Waals surface area contributed by atoms with E-state index in [-0.39, 0.29) is 18.2 Å². The van der Waals surface area contributed by atoms with Crippen molar-refractivity contribution in [2.24, 2.45) is 0 Å². The lowest BCUT2D eigenvalue weighted by Crippen LogP contribution is -2.07. The fourth-order valence-corrected chi connectivity index (χ4v) is 4.80. The number of carboxylic acids is 1. The van der Waals surface area contributed by atoms with Crippen LogP contribution in [0.3, 0.4) is 0 Å². The number of ether oxygens (including phenoxy) is 2. The second-order valence-corrected chi connectivity index (χ2v) is 8.84. The maximum atomic E-state index is 14.1. The van der Waals surface area contributed by atoms with Crippen molar-refractivity contribution >= 4 is 17.0 Å². The second kappa shape index (κ2) is 9.41. The van der Waals surface area contributed by atoms with Crippen LogP contribution in [0.15, 0.2) is 54.6 Å². The number of halogens is 1. The maximum absolute atomic E-state index is 14.1. The highest BCUT2D eigenvalue weighted by Gasteiger charge is 2.26. The molecule has 0 unspecified atom stereocenters. The SMILES string of the molecule is CCOc1nc2ccc(F)cc2n1-c1cccc(CCc2ccc3c(c2)OC[C@H]3CC(=O)O)c1C. The molecule has 0 radical (unpaired) electrons. The fourth-order valence-electron chi connectivity index (χ4n) is 4.80. The number of benzene rings is 3. The quantitative estimate of drug-likeness (QED) is 0.359. The van der Waals surface area contributed by atoms with Gasteiger partial charge in [0.2, 0.25) is 0 Å². The fraction of sp³-hybridized carbons (Fsp3) is 0.286. The Kier molecular flexibility index (Phi) is 6.16. The first kappa shape index (κ1) is 22.9. The van der Waals surface area contributed by atoms with Crippen molar-refractivity contribution in [3.05, 3.63) is 82.7 Å². The van der Waals surface area contributed by atoms with E-state index in [0.29, 0.717) is 30.3 Å². The van der Waals surface area contributed by atoms with Crippen molar-refractivity contribution in [2.45, 2.75) is 39.0 Å². The molecule has 0 saturated heterocycles. The molecule has 1 aliphatic rings. The Hall–Kier alpha value is -3.87. The van der Waals surface area contributed by atoms with Crippen molar-refractivity contribution in [2.75, 3.05) is 13.2 Å². The van der Waals surface area contributed by atoms with Crippen LogP contribution in [0, 0.1) is 12.7 Å². The summed E-state index contributed by atoms with van der Waals surface area (Å²) >= 11 is 0. The Balaban J connectivity index is 1.42. The average Bonchev–Trinajstić information content (AvgIpc) is 3.38. The van der Waals surface area contributed by atoms with Crippen LogP contribution in [-0.2, 0) is 17.6 Å². The average molecular weight is 475 g/mol. The summed E-state index contributed by atoms with van der Waals surface area (Å²) in [6.45, 7) is 4.83. The van der Waals surface area contributed by atoms with Crippen molar-refractivity contribution in [3.8, 4) is 17.4 Å². The third-order valence-corrected chi connectivity index (χ3v) is 6.58. The molecular formula is C28H27FN2O4. The number of aliphatic carboxylic acids is 1. The molecule has 6 nitrogen and oxygen atoms in total. The molecule has 180 valence electrons. The van der Waals surface area contributed by atoms with Crippen LogP contribution < -0.4 is 9.47 Å². The topological polar surface area (TPSA) is 73.6 Å². The lowest BCUT2D eigenvalue weighted by Gasteiger charge is -2.15. The summed E-state index contributed by atoms with van der Waals surface area (Å²) in [6.07, 6.45) is 1.69. The van der Waals surface area contributed by atoms with Gasteiger partial charge in [0.25, 0.3) is 0 Å². The van der Waals surface area contributed by atoms with Gasteiger partial charge in [0, 0.05) is 17.5 Å². The monoisotopic (exact) mass is 474 g/mol. The van der Waals surface area contributed by atoms with Gasteiger partial charge < -0.3 is 14.6 Å². The van der Waals surface area contributed by atoms with Crippen molar-refractivity contribution in [1.29, 1.82) is 0 Å². The molecule has 2 heterocycles. The molecule has 1 atom stereocenters. The predicted octanol–water partition coefficient (Wildman–Crippen LogP) is 5.61. The lowest BCUT2D eigenvalue weighted by molar-refractivity contribution is -0.137. The zero-order valence-corrected chi connectivity index (χ0v) is 19.8. The molecule has 3 aromatic carbocycles. The molecule has 35 heavy (non-hydrogen) atoms. The van der Waals surface area contributed by atoms with Crippen molar-refractivity contribution in [1.82, 2.24) is 9.55 Å². The first-order valence-corrected chi connectivity index (χ1v) is 11.8. The van der Waals surface area contributed by atoms with Crippen LogP contribution in [0.25, 0.3) is 16.7 Å². The number of rotatable bonds is 8. The molecule has 0 spiro atoms. The number of fused-ring (bicyclic) bond motifs is 2. The van der Waals surface area contributed by atoms with Gasteiger partial charge in [-0.15, -0.1) is 0 Å². The molecule has 1 aliphatic heterocycles. The van der Waals surface area contributed by atoms with Gasteiger partial charge in [0.05, 0.1) is 36.4 Å². The number of aryl methyl sites for hydroxylation is 2. The number of hydrogen-bond donors (Lipinski definition) is 1. The van der Waals surface area contributed by atoms with Crippen LogP contribution in [0.5, 0.6) is 11.8 Å². The van der Waals surface area contributed by atoms with Gasteiger partial charge in [0.15, 0.2) is 0 Å². The maximum Gasteiger partial charge on any atom is 0.304 e. The lowest BCUT2D eigenvalue weighted by atomic mass is 9.94. The highest BCUT2D eigenvalue weighted by Crippen LogP contribution is 2.37. The number of imidazole rings is 1. The molecule has 4 aromatic rings. The van der Waals surface area contributed by atoms with Crippen LogP contribution in [0.1, 0.15) is 41.5 Å². The Bertz CT molecular complexity index is 1410. The minimum atomic E-state index is -0.813. The molecule has 0 fully saturated rings. The largest absolute Gasteiger partial charge is 0.493 e. The van der Waals surface area contributed by atoms with Crippen LogP contribution in [0.4, 0.5) is 4.39 Å². The first-order valence-electron chi connectivity index (χ1n) is 11.8. The van der Waals surface area contributed by atoms with Crippen molar-refractivity contribution in [3.63, 3.8) is 0 Å². The molecule has 0 bridgehead atoms. The van der Waals surface area contributed by atoms with E-state index in [9.17, 15) is 9.18 Å². The Morgan fingerprint density at radius 2 is 2.06 bits per heavy atom. The summed E-state index contributed by atoms with van der Waals surface area (Å²) in [7, 11) is 0. The highest BCUT2D eigenvalue weighted by molar-refractivity contribution is 5.79.